The first-order valence-electron chi connectivity index (χ1n) is 5.56. The summed E-state index contributed by atoms with van der Waals surface area (Å²) in [5.74, 6) is 2.09. The smallest absolute Gasteiger partial charge is 0.226 e. The molecule has 0 aliphatic heterocycles. The summed E-state index contributed by atoms with van der Waals surface area (Å²) in [5.41, 5.74) is -0.0807. The highest BCUT2D eigenvalue weighted by molar-refractivity contribution is 7.98. The average molecular weight is 248 g/mol. The highest BCUT2D eigenvalue weighted by atomic mass is 32.2. The average Bonchev–Trinajstić information content (AvgIpc) is 2.76. The van der Waals surface area contributed by atoms with Gasteiger partial charge in [0.15, 0.2) is 0 Å². The Kier molecular flexibility index (Phi) is 3.52. The molecule has 0 amide bonds. The summed E-state index contributed by atoms with van der Waals surface area (Å²) < 4.78 is 5.63. The molecule has 1 heterocycles. The van der Waals surface area contributed by atoms with Crippen molar-refractivity contribution in [3.63, 3.8) is 0 Å². The molecule has 4 heteroatoms. The first-order valence-corrected chi connectivity index (χ1v) is 6.55. The minimum absolute atomic E-state index is 0.0807. The van der Waals surface area contributed by atoms with E-state index in [9.17, 15) is 0 Å². The van der Waals surface area contributed by atoms with E-state index in [-0.39, 0.29) is 5.41 Å². The van der Waals surface area contributed by atoms with E-state index in [1.54, 1.807) is 11.8 Å². The molecule has 2 rings (SSSR count). The van der Waals surface area contributed by atoms with E-state index in [4.69, 9.17) is 4.42 Å². The van der Waals surface area contributed by atoms with Crippen molar-refractivity contribution in [1.82, 2.24) is 10.2 Å². The minimum atomic E-state index is -0.0807. The van der Waals surface area contributed by atoms with Gasteiger partial charge in [0.1, 0.15) is 0 Å². The molecule has 0 bridgehead atoms. The topological polar surface area (TPSA) is 38.9 Å². The Morgan fingerprint density at radius 1 is 1.12 bits per heavy atom. The van der Waals surface area contributed by atoms with E-state index in [0.717, 1.165) is 0 Å². The molecular formula is C13H16N2OS. The van der Waals surface area contributed by atoms with Gasteiger partial charge in [-0.15, -0.1) is 22.0 Å². The Morgan fingerprint density at radius 2 is 1.82 bits per heavy atom. The molecular weight excluding hydrogens is 232 g/mol. The molecule has 1 aromatic heterocycles. The lowest BCUT2D eigenvalue weighted by Gasteiger charge is -2.10. The van der Waals surface area contributed by atoms with Gasteiger partial charge in [-0.1, -0.05) is 39.0 Å². The van der Waals surface area contributed by atoms with Crippen LogP contribution in [0.5, 0.6) is 0 Å². The fourth-order valence-electron chi connectivity index (χ4n) is 1.28. The van der Waals surface area contributed by atoms with Crippen molar-refractivity contribution >= 4 is 11.8 Å². The second kappa shape index (κ2) is 4.92. The largest absolute Gasteiger partial charge is 0.424 e. The summed E-state index contributed by atoms with van der Waals surface area (Å²) in [6, 6.07) is 10.2. The van der Waals surface area contributed by atoms with Gasteiger partial charge in [0.25, 0.3) is 0 Å². The van der Waals surface area contributed by atoms with E-state index in [1.807, 2.05) is 18.2 Å². The van der Waals surface area contributed by atoms with Crippen LogP contribution in [0.15, 0.2) is 39.6 Å². The van der Waals surface area contributed by atoms with Gasteiger partial charge < -0.3 is 4.42 Å². The first-order chi connectivity index (χ1) is 8.05. The molecule has 17 heavy (non-hydrogen) atoms. The van der Waals surface area contributed by atoms with Crippen molar-refractivity contribution in [3.05, 3.63) is 42.1 Å². The molecule has 90 valence electrons. The minimum Gasteiger partial charge on any atom is -0.424 e. The molecule has 0 aliphatic rings. The molecule has 0 atom stereocenters. The van der Waals surface area contributed by atoms with Gasteiger partial charge in [-0.25, -0.2) is 0 Å². The van der Waals surface area contributed by atoms with E-state index in [0.29, 0.717) is 17.5 Å². The van der Waals surface area contributed by atoms with Crippen molar-refractivity contribution in [1.29, 1.82) is 0 Å². The third-order valence-electron chi connectivity index (χ3n) is 2.21. The third kappa shape index (κ3) is 3.33. The van der Waals surface area contributed by atoms with Crippen LogP contribution in [0.3, 0.4) is 0 Å². The molecule has 0 unspecified atom stereocenters. The van der Waals surface area contributed by atoms with Gasteiger partial charge >= 0.3 is 0 Å². The summed E-state index contributed by atoms with van der Waals surface area (Å²) in [6.45, 7) is 6.19. The number of thioether (sulfide) groups is 1. The van der Waals surface area contributed by atoms with Crippen LogP contribution in [0.1, 0.15) is 32.6 Å². The zero-order valence-electron chi connectivity index (χ0n) is 10.3. The van der Waals surface area contributed by atoms with Gasteiger partial charge in [-0.3, -0.25) is 0 Å². The Bertz CT molecular complexity index is 474. The van der Waals surface area contributed by atoms with Crippen LogP contribution in [0.25, 0.3) is 0 Å². The molecule has 3 nitrogen and oxygen atoms in total. The fraction of sp³-hybridized carbons (Fsp3) is 0.385. The zero-order chi connectivity index (χ0) is 12.3. The fourth-order valence-corrected chi connectivity index (χ4v) is 2.03. The molecule has 0 saturated heterocycles. The van der Waals surface area contributed by atoms with Crippen LogP contribution < -0.4 is 0 Å². The van der Waals surface area contributed by atoms with Crippen LogP contribution >= 0.6 is 11.8 Å². The van der Waals surface area contributed by atoms with E-state index in [1.165, 1.54) is 4.90 Å². The van der Waals surface area contributed by atoms with Gasteiger partial charge in [0.2, 0.25) is 11.8 Å². The number of aromatic nitrogens is 2. The molecule has 0 radical (unpaired) electrons. The Morgan fingerprint density at radius 3 is 2.41 bits per heavy atom. The lowest BCUT2D eigenvalue weighted by atomic mass is 9.97. The van der Waals surface area contributed by atoms with Crippen molar-refractivity contribution in [2.24, 2.45) is 0 Å². The summed E-state index contributed by atoms with van der Waals surface area (Å²) in [6.07, 6.45) is 0. The van der Waals surface area contributed by atoms with Crippen LogP contribution in [-0.2, 0) is 11.2 Å². The van der Waals surface area contributed by atoms with Gasteiger partial charge in [-0.05, 0) is 12.1 Å². The maximum atomic E-state index is 5.63. The Hall–Kier alpha value is -1.29. The summed E-state index contributed by atoms with van der Waals surface area (Å²) >= 11 is 1.70. The molecule has 2 aromatic rings. The Labute approximate surface area is 106 Å². The highest BCUT2D eigenvalue weighted by Gasteiger charge is 2.21. The van der Waals surface area contributed by atoms with Crippen molar-refractivity contribution in [3.8, 4) is 0 Å². The van der Waals surface area contributed by atoms with Gasteiger partial charge in [0.05, 0.1) is 5.75 Å². The quantitative estimate of drug-likeness (QED) is 0.777. The molecule has 0 saturated carbocycles. The number of nitrogens with zero attached hydrogens (tertiary/aromatic N) is 2. The number of hydrogen-bond acceptors (Lipinski definition) is 4. The second-order valence-electron chi connectivity index (χ2n) is 4.85. The second-order valence-corrected chi connectivity index (χ2v) is 5.90. The summed E-state index contributed by atoms with van der Waals surface area (Å²) in [7, 11) is 0. The van der Waals surface area contributed by atoms with Crippen LogP contribution in [0.2, 0.25) is 0 Å². The van der Waals surface area contributed by atoms with Crippen LogP contribution in [-0.4, -0.2) is 10.2 Å². The van der Waals surface area contributed by atoms with Crippen LogP contribution in [0.4, 0.5) is 0 Å². The molecule has 1 aromatic carbocycles. The number of hydrogen-bond donors (Lipinski definition) is 0. The normalized spacial score (nSPS) is 11.7. The van der Waals surface area contributed by atoms with E-state index >= 15 is 0 Å². The number of rotatable bonds is 3. The Balaban J connectivity index is 1.99. The van der Waals surface area contributed by atoms with Gasteiger partial charge in [0, 0.05) is 10.3 Å². The van der Waals surface area contributed by atoms with Crippen LogP contribution in [0, 0.1) is 0 Å². The van der Waals surface area contributed by atoms with E-state index in [2.05, 4.69) is 43.1 Å². The predicted octanol–water partition coefficient (Wildman–Crippen LogP) is 3.66. The maximum absolute atomic E-state index is 5.63. The summed E-state index contributed by atoms with van der Waals surface area (Å²) in [5, 5.41) is 8.13. The first kappa shape index (κ1) is 12.2. The molecule has 0 aliphatic carbocycles. The molecule has 0 N–H and O–H groups in total. The standard InChI is InChI=1S/C13H16N2OS/c1-13(2,3)12-15-14-11(16-12)9-17-10-7-5-4-6-8-10/h4-8H,9H2,1-3H3. The van der Waals surface area contributed by atoms with Gasteiger partial charge in [-0.2, -0.15) is 0 Å². The molecule has 0 spiro atoms. The van der Waals surface area contributed by atoms with E-state index < -0.39 is 0 Å². The monoisotopic (exact) mass is 248 g/mol. The summed E-state index contributed by atoms with van der Waals surface area (Å²) in [4.78, 5) is 1.21. The zero-order valence-corrected chi connectivity index (χ0v) is 11.1. The van der Waals surface area contributed by atoms with Crippen molar-refractivity contribution in [2.45, 2.75) is 36.8 Å². The lowest BCUT2D eigenvalue weighted by Crippen LogP contribution is -2.11. The predicted molar refractivity (Wildman–Crippen MR) is 69.0 cm³/mol. The number of benzene rings is 1. The lowest BCUT2D eigenvalue weighted by molar-refractivity contribution is 0.378. The van der Waals surface area contributed by atoms with Crippen molar-refractivity contribution in [2.75, 3.05) is 0 Å². The SMILES string of the molecule is CC(C)(C)c1nnc(CSc2ccccc2)o1. The molecule has 0 fully saturated rings. The third-order valence-corrected chi connectivity index (χ3v) is 3.21. The maximum Gasteiger partial charge on any atom is 0.226 e. The highest BCUT2D eigenvalue weighted by Crippen LogP contribution is 2.24. The van der Waals surface area contributed by atoms with Crippen molar-refractivity contribution < 1.29 is 4.42 Å².